The molecule has 0 fully saturated rings. The summed E-state index contributed by atoms with van der Waals surface area (Å²) < 4.78 is 10.5. The molecule has 0 aliphatic heterocycles. The van der Waals surface area contributed by atoms with Gasteiger partial charge in [0.15, 0.2) is 0 Å². The first kappa shape index (κ1) is 16.8. The van der Waals surface area contributed by atoms with Crippen molar-refractivity contribution in [3.05, 3.63) is 23.8 Å². The van der Waals surface area contributed by atoms with Crippen LogP contribution in [0.5, 0.6) is 11.5 Å². The summed E-state index contributed by atoms with van der Waals surface area (Å²) >= 11 is 0. The molecule has 0 aliphatic rings. The summed E-state index contributed by atoms with van der Waals surface area (Å²) in [6, 6.07) is 5.89. The van der Waals surface area contributed by atoms with Crippen LogP contribution in [-0.2, 0) is 0 Å². The van der Waals surface area contributed by atoms with Crippen molar-refractivity contribution in [1.29, 1.82) is 0 Å². The van der Waals surface area contributed by atoms with Crippen molar-refractivity contribution in [1.82, 2.24) is 4.90 Å². The Balaban J connectivity index is 2.88. The number of benzene rings is 1. The molecular formula is C16H27NO3. The van der Waals surface area contributed by atoms with Gasteiger partial charge in [-0.3, -0.25) is 0 Å². The van der Waals surface area contributed by atoms with Gasteiger partial charge in [0.05, 0.1) is 20.3 Å². The van der Waals surface area contributed by atoms with Gasteiger partial charge in [0.1, 0.15) is 11.5 Å². The molecule has 0 spiro atoms. The largest absolute Gasteiger partial charge is 0.497 e. The second-order valence-electron chi connectivity index (χ2n) is 5.55. The van der Waals surface area contributed by atoms with Gasteiger partial charge >= 0.3 is 0 Å². The third-order valence-electron chi connectivity index (χ3n) is 3.92. The summed E-state index contributed by atoms with van der Waals surface area (Å²) in [6.45, 7) is 7.09. The molecule has 4 nitrogen and oxygen atoms in total. The predicted molar refractivity (Wildman–Crippen MR) is 81.4 cm³/mol. The van der Waals surface area contributed by atoms with Crippen LogP contribution in [0.1, 0.15) is 32.4 Å². The Morgan fingerprint density at radius 2 is 1.80 bits per heavy atom. The van der Waals surface area contributed by atoms with Crippen LogP contribution in [0.15, 0.2) is 18.2 Å². The second-order valence-corrected chi connectivity index (χ2v) is 5.55. The van der Waals surface area contributed by atoms with Gasteiger partial charge in [-0.1, -0.05) is 13.8 Å². The molecule has 0 aliphatic carbocycles. The minimum absolute atomic E-state index is 0.404. The molecule has 1 rings (SSSR count). The van der Waals surface area contributed by atoms with E-state index in [1.54, 1.807) is 14.2 Å². The number of hydrogen-bond donors (Lipinski definition) is 1. The standard InChI is InChI=1S/C16H27NO3/c1-11(2)12(3)17(4)10-15(18)14-9-13(19-5)7-8-16(14)20-6/h7-9,11-12,15,18H,10H2,1-6H3. The molecule has 114 valence electrons. The minimum atomic E-state index is -0.605. The van der Waals surface area contributed by atoms with Crippen molar-refractivity contribution >= 4 is 0 Å². The first-order valence-corrected chi connectivity index (χ1v) is 7.00. The Morgan fingerprint density at radius 3 is 2.30 bits per heavy atom. The summed E-state index contributed by atoms with van der Waals surface area (Å²) in [7, 11) is 5.25. The molecule has 2 atom stereocenters. The van der Waals surface area contributed by atoms with E-state index in [0.717, 1.165) is 11.3 Å². The quantitative estimate of drug-likeness (QED) is 0.834. The molecule has 0 heterocycles. The highest BCUT2D eigenvalue weighted by atomic mass is 16.5. The van der Waals surface area contributed by atoms with Crippen molar-refractivity contribution in [2.24, 2.45) is 5.92 Å². The Morgan fingerprint density at radius 1 is 1.15 bits per heavy atom. The number of likely N-dealkylation sites (N-methyl/N-ethyl adjacent to an activating group) is 1. The van der Waals surface area contributed by atoms with Crippen LogP contribution in [0.4, 0.5) is 0 Å². The molecule has 1 aromatic rings. The van der Waals surface area contributed by atoms with Gasteiger partial charge in [-0.05, 0) is 38.1 Å². The normalized spacial score (nSPS) is 14.4. The second kappa shape index (κ2) is 7.50. The molecule has 0 saturated carbocycles. The average molecular weight is 281 g/mol. The lowest BCUT2D eigenvalue weighted by Gasteiger charge is -2.30. The van der Waals surface area contributed by atoms with Crippen LogP contribution in [0.2, 0.25) is 0 Å². The first-order chi connectivity index (χ1) is 9.40. The SMILES string of the molecule is COc1ccc(OC)c(C(O)CN(C)C(C)C(C)C)c1. The van der Waals surface area contributed by atoms with E-state index in [2.05, 4.69) is 25.7 Å². The number of rotatable bonds is 7. The van der Waals surface area contributed by atoms with E-state index in [1.807, 2.05) is 25.2 Å². The fraction of sp³-hybridized carbons (Fsp3) is 0.625. The number of nitrogens with zero attached hydrogens (tertiary/aromatic N) is 1. The smallest absolute Gasteiger partial charge is 0.124 e. The van der Waals surface area contributed by atoms with E-state index in [1.165, 1.54) is 0 Å². The van der Waals surface area contributed by atoms with Gasteiger partial charge in [-0.2, -0.15) is 0 Å². The topological polar surface area (TPSA) is 41.9 Å². The molecule has 4 heteroatoms. The molecule has 0 radical (unpaired) electrons. The Labute approximate surface area is 122 Å². The number of aliphatic hydroxyl groups is 1. The Bertz CT molecular complexity index is 420. The lowest BCUT2D eigenvalue weighted by atomic mass is 10.0. The maximum atomic E-state index is 10.5. The summed E-state index contributed by atoms with van der Waals surface area (Å²) in [5, 5.41) is 10.5. The van der Waals surface area contributed by atoms with Crippen LogP contribution in [0.25, 0.3) is 0 Å². The molecule has 20 heavy (non-hydrogen) atoms. The molecule has 1 N–H and O–H groups in total. The maximum Gasteiger partial charge on any atom is 0.124 e. The summed E-state index contributed by atoms with van der Waals surface area (Å²) in [6.07, 6.45) is -0.605. The fourth-order valence-electron chi connectivity index (χ4n) is 2.15. The minimum Gasteiger partial charge on any atom is -0.497 e. The molecule has 0 amide bonds. The van der Waals surface area contributed by atoms with E-state index in [0.29, 0.717) is 24.3 Å². The monoisotopic (exact) mass is 281 g/mol. The molecule has 2 unspecified atom stereocenters. The maximum absolute atomic E-state index is 10.5. The highest BCUT2D eigenvalue weighted by Gasteiger charge is 2.20. The van der Waals surface area contributed by atoms with Gasteiger partial charge in [0, 0.05) is 18.2 Å². The third kappa shape index (κ3) is 4.12. The number of aliphatic hydroxyl groups excluding tert-OH is 1. The van der Waals surface area contributed by atoms with Crippen LogP contribution in [0.3, 0.4) is 0 Å². The van der Waals surface area contributed by atoms with Crippen molar-refractivity contribution in [3.8, 4) is 11.5 Å². The molecular weight excluding hydrogens is 254 g/mol. The van der Waals surface area contributed by atoms with E-state index >= 15 is 0 Å². The summed E-state index contributed by atoms with van der Waals surface area (Å²) in [4.78, 5) is 2.16. The van der Waals surface area contributed by atoms with Gasteiger partial charge in [-0.15, -0.1) is 0 Å². The van der Waals surface area contributed by atoms with Crippen LogP contribution >= 0.6 is 0 Å². The number of hydrogen-bond acceptors (Lipinski definition) is 4. The third-order valence-corrected chi connectivity index (χ3v) is 3.92. The van der Waals surface area contributed by atoms with Crippen LogP contribution in [-0.4, -0.2) is 43.9 Å². The number of methoxy groups -OCH3 is 2. The zero-order chi connectivity index (χ0) is 15.3. The summed E-state index contributed by atoms with van der Waals surface area (Å²) in [5.41, 5.74) is 0.759. The fourth-order valence-corrected chi connectivity index (χ4v) is 2.15. The van der Waals surface area contributed by atoms with Crippen molar-refractivity contribution in [2.75, 3.05) is 27.8 Å². The highest BCUT2D eigenvalue weighted by molar-refractivity contribution is 5.41. The number of ether oxygens (including phenoxy) is 2. The first-order valence-electron chi connectivity index (χ1n) is 7.00. The van der Waals surface area contributed by atoms with E-state index in [-0.39, 0.29) is 0 Å². The average Bonchev–Trinajstić information content (AvgIpc) is 2.45. The Kier molecular flexibility index (Phi) is 6.30. The van der Waals surface area contributed by atoms with Gasteiger partial charge < -0.3 is 19.5 Å². The molecule has 0 saturated heterocycles. The van der Waals surface area contributed by atoms with Crippen molar-refractivity contribution in [2.45, 2.75) is 32.9 Å². The lowest BCUT2D eigenvalue weighted by Crippen LogP contribution is -2.36. The van der Waals surface area contributed by atoms with Crippen molar-refractivity contribution < 1.29 is 14.6 Å². The van der Waals surface area contributed by atoms with E-state index in [4.69, 9.17) is 9.47 Å². The zero-order valence-corrected chi connectivity index (χ0v) is 13.4. The highest BCUT2D eigenvalue weighted by Crippen LogP contribution is 2.30. The van der Waals surface area contributed by atoms with Crippen molar-refractivity contribution in [3.63, 3.8) is 0 Å². The van der Waals surface area contributed by atoms with E-state index in [9.17, 15) is 5.11 Å². The van der Waals surface area contributed by atoms with Crippen LogP contribution < -0.4 is 9.47 Å². The van der Waals surface area contributed by atoms with Gasteiger partial charge in [0.25, 0.3) is 0 Å². The molecule has 0 aromatic heterocycles. The summed E-state index contributed by atoms with van der Waals surface area (Å²) in [5.74, 6) is 1.95. The van der Waals surface area contributed by atoms with Crippen LogP contribution in [0, 0.1) is 5.92 Å². The Hall–Kier alpha value is -1.26. The van der Waals surface area contributed by atoms with E-state index < -0.39 is 6.10 Å². The van der Waals surface area contributed by atoms with Gasteiger partial charge in [0.2, 0.25) is 0 Å². The zero-order valence-electron chi connectivity index (χ0n) is 13.4. The molecule has 0 bridgehead atoms. The molecule has 1 aromatic carbocycles. The predicted octanol–water partition coefficient (Wildman–Crippen LogP) is 2.71. The van der Waals surface area contributed by atoms with Gasteiger partial charge in [-0.25, -0.2) is 0 Å². The lowest BCUT2D eigenvalue weighted by molar-refractivity contribution is 0.0935.